The van der Waals surface area contributed by atoms with Gasteiger partial charge in [0, 0.05) is 26.2 Å². The number of aryl methyl sites for hydroxylation is 1. The summed E-state index contributed by atoms with van der Waals surface area (Å²) in [6.07, 6.45) is 1.81. The van der Waals surface area contributed by atoms with E-state index in [1.807, 2.05) is 19.1 Å². The van der Waals surface area contributed by atoms with Crippen LogP contribution in [-0.4, -0.2) is 52.0 Å². The van der Waals surface area contributed by atoms with Crippen LogP contribution in [0.5, 0.6) is 0 Å². The van der Waals surface area contributed by atoms with Gasteiger partial charge in [-0.05, 0) is 31.9 Å². The first-order chi connectivity index (χ1) is 10.2. The van der Waals surface area contributed by atoms with Crippen molar-refractivity contribution in [3.63, 3.8) is 0 Å². The first-order valence-corrected chi connectivity index (χ1v) is 7.09. The van der Waals surface area contributed by atoms with Gasteiger partial charge >= 0.3 is 6.03 Å². The van der Waals surface area contributed by atoms with Crippen molar-refractivity contribution in [2.75, 3.05) is 25.0 Å². The molecule has 1 aliphatic rings. The molecule has 0 spiro atoms. The van der Waals surface area contributed by atoms with Crippen molar-refractivity contribution in [1.82, 2.24) is 30.4 Å². The first-order valence-electron chi connectivity index (χ1n) is 7.09. The summed E-state index contributed by atoms with van der Waals surface area (Å²) >= 11 is 0. The first kappa shape index (κ1) is 13.6. The summed E-state index contributed by atoms with van der Waals surface area (Å²) in [7, 11) is 1.63. The average molecular weight is 289 g/mol. The number of rotatable bonds is 2. The molecule has 8 heteroatoms. The molecule has 2 amide bonds. The van der Waals surface area contributed by atoms with Gasteiger partial charge in [0.25, 0.3) is 0 Å². The lowest BCUT2D eigenvalue weighted by atomic mass is 10.1. The predicted octanol–water partition coefficient (Wildman–Crippen LogP) is 0.331. The fourth-order valence-electron chi connectivity index (χ4n) is 2.56. The van der Waals surface area contributed by atoms with Crippen LogP contribution in [0, 0.1) is 6.92 Å². The Morgan fingerprint density at radius 3 is 2.76 bits per heavy atom. The van der Waals surface area contributed by atoms with Crippen LogP contribution in [0.2, 0.25) is 0 Å². The fraction of sp³-hybridized carbons (Fsp3) is 0.538. The van der Waals surface area contributed by atoms with Gasteiger partial charge in [-0.1, -0.05) is 0 Å². The van der Waals surface area contributed by atoms with E-state index in [0.29, 0.717) is 5.82 Å². The van der Waals surface area contributed by atoms with Crippen molar-refractivity contribution in [1.29, 1.82) is 0 Å². The quantitative estimate of drug-likeness (QED) is 0.832. The standard InChI is InChI=1S/C13H19N7O/c1-9-15-11-3-4-12(18-20(11)17-9)19-7-5-10(6-8-19)16-13(21)14-2/h3-4,10H,5-8H2,1-2H3,(H2,14,16,21). The van der Waals surface area contributed by atoms with Gasteiger partial charge in [-0.25, -0.2) is 9.78 Å². The molecule has 1 fully saturated rings. The number of hydrogen-bond donors (Lipinski definition) is 2. The number of carbonyl (C=O) groups is 1. The monoisotopic (exact) mass is 289 g/mol. The third kappa shape index (κ3) is 2.88. The van der Waals surface area contributed by atoms with Crippen LogP contribution in [-0.2, 0) is 0 Å². The number of nitrogens with zero attached hydrogens (tertiary/aromatic N) is 5. The molecule has 1 saturated heterocycles. The molecule has 0 aliphatic carbocycles. The Kier molecular flexibility index (Phi) is 3.59. The highest BCUT2D eigenvalue weighted by Crippen LogP contribution is 2.18. The van der Waals surface area contributed by atoms with Gasteiger partial charge in [-0.3, -0.25) is 0 Å². The zero-order valence-electron chi connectivity index (χ0n) is 12.2. The second-order valence-corrected chi connectivity index (χ2v) is 5.18. The van der Waals surface area contributed by atoms with Gasteiger partial charge in [0.05, 0.1) is 0 Å². The maximum absolute atomic E-state index is 11.3. The van der Waals surface area contributed by atoms with E-state index in [0.717, 1.165) is 37.4 Å². The Morgan fingerprint density at radius 2 is 2.05 bits per heavy atom. The Bertz CT molecular complexity index is 645. The van der Waals surface area contributed by atoms with Gasteiger partial charge in [0.2, 0.25) is 0 Å². The van der Waals surface area contributed by atoms with Crippen LogP contribution >= 0.6 is 0 Å². The van der Waals surface area contributed by atoms with Crippen LogP contribution in [0.3, 0.4) is 0 Å². The summed E-state index contributed by atoms with van der Waals surface area (Å²) in [5.41, 5.74) is 0.757. The Morgan fingerprint density at radius 1 is 1.29 bits per heavy atom. The van der Waals surface area contributed by atoms with E-state index in [4.69, 9.17) is 0 Å². The molecule has 2 N–H and O–H groups in total. The topological polar surface area (TPSA) is 87.5 Å². The van der Waals surface area contributed by atoms with Gasteiger partial charge < -0.3 is 15.5 Å². The van der Waals surface area contributed by atoms with E-state index in [1.54, 1.807) is 11.7 Å². The zero-order valence-corrected chi connectivity index (χ0v) is 12.2. The van der Waals surface area contributed by atoms with Crippen molar-refractivity contribution in [3.05, 3.63) is 18.0 Å². The van der Waals surface area contributed by atoms with Gasteiger partial charge in [-0.15, -0.1) is 14.8 Å². The van der Waals surface area contributed by atoms with Crippen molar-refractivity contribution < 1.29 is 4.79 Å². The summed E-state index contributed by atoms with van der Waals surface area (Å²) in [6.45, 7) is 3.58. The lowest BCUT2D eigenvalue weighted by Crippen LogP contribution is -2.47. The summed E-state index contributed by atoms with van der Waals surface area (Å²) in [4.78, 5) is 17.8. The van der Waals surface area contributed by atoms with Crippen LogP contribution in [0.1, 0.15) is 18.7 Å². The molecule has 0 bridgehead atoms. The van der Waals surface area contributed by atoms with Crippen LogP contribution in [0.15, 0.2) is 12.1 Å². The summed E-state index contributed by atoms with van der Waals surface area (Å²) in [5, 5.41) is 14.3. The van der Waals surface area contributed by atoms with Crippen molar-refractivity contribution in [2.24, 2.45) is 0 Å². The molecule has 0 saturated carbocycles. The van der Waals surface area contributed by atoms with E-state index < -0.39 is 0 Å². The Balaban J connectivity index is 1.66. The number of urea groups is 1. The molecule has 0 aromatic carbocycles. The Hall–Kier alpha value is -2.38. The maximum Gasteiger partial charge on any atom is 0.314 e. The number of anilines is 1. The second-order valence-electron chi connectivity index (χ2n) is 5.18. The number of piperidine rings is 1. The second kappa shape index (κ2) is 5.55. The zero-order chi connectivity index (χ0) is 14.8. The molecule has 1 aliphatic heterocycles. The summed E-state index contributed by atoms with van der Waals surface area (Å²) in [6, 6.07) is 4.00. The number of carbonyl (C=O) groups excluding carboxylic acids is 1. The van der Waals surface area contributed by atoms with E-state index in [1.165, 1.54) is 0 Å². The molecule has 112 valence electrons. The molecule has 3 rings (SSSR count). The van der Waals surface area contributed by atoms with E-state index in [2.05, 4.69) is 30.7 Å². The molecule has 2 aromatic heterocycles. The molecular formula is C13H19N7O. The molecule has 21 heavy (non-hydrogen) atoms. The highest BCUT2D eigenvalue weighted by atomic mass is 16.2. The normalized spacial score (nSPS) is 16.2. The summed E-state index contributed by atoms with van der Waals surface area (Å²) in [5.74, 6) is 1.61. The number of amides is 2. The number of hydrogen-bond acceptors (Lipinski definition) is 5. The minimum Gasteiger partial charge on any atom is -0.355 e. The molecular weight excluding hydrogens is 270 g/mol. The van der Waals surface area contributed by atoms with E-state index in [-0.39, 0.29) is 12.1 Å². The van der Waals surface area contributed by atoms with Crippen LogP contribution < -0.4 is 15.5 Å². The molecule has 8 nitrogen and oxygen atoms in total. The fourth-order valence-corrected chi connectivity index (χ4v) is 2.56. The molecule has 0 radical (unpaired) electrons. The smallest absolute Gasteiger partial charge is 0.314 e. The third-order valence-electron chi connectivity index (χ3n) is 3.68. The van der Waals surface area contributed by atoms with E-state index >= 15 is 0 Å². The lowest BCUT2D eigenvalue weighted by molar-refractivity contribution is 0.236. The molecule has 0 unspecified atom stereocenters. The number of aromatic nitrogens is 4. The van der Waals surface area contributed by atoms with Crippen molar-refractivity contribution in [3.8, 4) is 0 Å². The largest absolute Gasteiger partial charge is 0.355 e. The molecule has 2 aromatic rings. The maximum atomic E-state index is 11.3. The van der Waals surface area contributed by atoms with E-state index in [9.17, 15) is 4.79 Å². The SMILES string of the molecule is CNC(=O)NC1CCN(c2ccc3nc(C)nn3n2)CC1. The molecule has 0 atom stereocenters. The van der Waals surface area contributed by atoms with Crippen molar-refractivity contribution >= 4 is 17.5 Å². The molecule has 3 heterocycles. The number of nitrogens with one attached hydrogen (secondary N) is 2. The number of fused-ring (bicyclic) bond motifs is 1. The lowest BCUT2D eigenvalue weighted by Gasteiger charge is -2.32. The third-order valence-corrected chi connectivity index (χ3v) is 3.68. The van der Waals surface area contributed by atoms with Gasteiger partial charge in [0.15, 0.2) is 11.5 Å². The van der Waals surface area contributed by atoms with Crippen LogP contribution in [0.4, 0.5) is 10.6 Å². The predicted molar refractivity (Wildman–Crippen MR) is 78.3 cm³/mol. The average Bonchev–Trinajstić information content (AvgIpc) is 2.87. The van der Waals surface area contributed by atoms with Crippen LogP contribution in [0.25, 0.3) is 5.65 Å². The van der Waals surface area contributed by atoms with Gasteiger partial charge in [-0.2, -0.15) is 0 Å². The highest BCUT2D eigenvalue weighted by molar-refractivity contribution is 5.73. The highest BCUT2D eigenvalue weighted by Gasteiger charge is 2.21. The van der Waals surface area contributed by atoms with Crippen molar-refractivity contribution in [2.45, 2.75) is 25.8 Å². The summed E-state index contributed by atoms with van der Waals surface area (Å²) < 4.78 is 1.57. The Labute approximate surface area is 122 Å². The minimum absolute atomic E-state index is 0.119. The van der Waals surface area contributed by atoms with Gasteiger partial charge in [0.1, 0.15) is 5.82 Å². The minimum atomic E-state index is -0.119.